The number of benzene rings is 1. The van der Waals surface area contributed by atoms with Crippen molar-refractivity contribution in [1.82, 2.24) is 20.0 Å². The molecule has 0 aromatic heterocycles. The maximum Gasteiger partial charge on any atom is 0.317 e. The van der Waals surface area contributed by atoms with Crippen LogP contribution in [0.4, 0.5) is 9.18 Å². The van der Waals surface area contributed by atoms with Gasteiger partial charge in [0.15, 0.2) is 0 Å². The fraction of sp³-hybridized carbons (Fsp3) is 0.625. The number of carbonyl (C=O) groups excluding carboxylic acids is 3. The highest BCUT2D eigenvalue weighted by molar-refractivity contribution is 5.98. The third-order valence-electron chi connectivity index (χ3n) is 7.40. The molecule has 5 rings (SSSR count). The molecule has 3 saturated heterocycles. The van der Waals surface area contributed by atoms with E-state index in [1.54, 1.807) is 26.8 Å². The van der Waals surface area contributed by atoms with Crippen LogP contribution in [-0.2, 0) is 20.9 Å². The number of hydrogen-bond donors (Lipinski definition) is 1. The van der Waals surface area contributed by atoms with Gasteiger partial charge in [0.05, 0.1) is 19.3 Å². The smallest absolute Gasteiger partial charge is 0.317 e. The number of urea groups is 1. The van der Waals surface area contributed by atoms with Gasteiger partial charge in [-0.3, -0.25) is 9.59 Å². The largest absolute Gasteiger partial charge is 0.372 e. The van der Waals surface area contributed by atoms with Gasteiger partial charge >= 0.3 is 6.03 Å². The van der Waals surface area contributed by atoms with Gasteiger partial charge in [-0.15, -0.1) is 0 Å². The van der Waals surface area contributed by atoms with E-state index in [1.165, 1.54) is 18.6 Å². The van der Waals surface area contributed by atoms with Crippen molar-refractivity contribution in [2.24, 2.45) is 0 Å². The Morgan fingerprint density at radius 1 is 0.970 bits per heavy atom. The van der Waals surface area contributed by atoms with Gasteiger partial charge in [0.1, 0.15) is 17.9 Å². The van der Waals surface area contributed by atoms with Gasteiger partial charge < -0.3 is 24.8 Å². The van der Waals surface area contributed by atoms with E-state index in [4.69, 9.17) is 4.74 Å². The van der Waals surface area contributed by atoms with E-state index in [2.05, 4.69) is 5.32 Å². The summed E-state index contributed by atoms with van der Waals surface area (Å²) < 4.78 is 19.1. The Labute approximate surface area is 193 Å². The molecule has 0 unspecified atom stereocenters. The molecular formula is C24H31FN4O4. The summed E-state index contributed by atoms with van der Waals surface area (Å²) in [4.78, 5) is 44.2. The second-order valence-electron chi connectivity index (χ2n) is 9.58. The molecule has 0 radical (unpaired) electrons. The number of carbonyl (C=O) groups is 3. The van der Waals surface area contributed by atoms with Crippen LogP contribution in [0.2, 0.25) is 0 Å². The van der Waals surface area contributed by atoms with E-state index in [0.29, 0.717) is 32.7 Å². The molecule has 3 atom stereocenters. The van der Waals surface area contributed by atoms with Crippen LogP contribution >= 0.6 is 0 Å². The SMILES string of the molecule is O=C(NC1CCCCC1)N1CCN2C(=O)[C@@H]3C[C@@H](OCc4ccc(F)cc4)CN3C(=O)[C@@H]2C1. The summed E-state index contributed by atoms with van der Waals surface area (Å²) in [5.74, 6) is -0.464. The van der Waals surface area contributed by atoms with E-state index in [1.807, 2.05) is 0 Å². The third-order valence-corrected chi connectivity index (χ3v) is 7.40. The van der Waals surface area contributed by atoms with Gasteiger partial charge in [-0.25, -0.2) is 9.18 Å². The van der Waals surface area contributed by atoms with Gasteiger partial charge in [-0.05, 0) is 30.5 Å². The maximum atomic E-state index is 13.3. The van der Waals surface area contributed by atoms with Crippen LogP contribution < -0.4 is 5.32 Å². The second kappa shape index (κ2) is 9.29. The lowest BCUT2D eigenvalue weighted by Gasteiger charge is -2.47. The van der Waals surface area contributed by atoms with Crippen molar-refractivity contribution in [3.05, 3.63) is 35.6 Å². The zero-order chi connectivity index (χ0) is 22.9. The summed E-state index contributed by atoms with van der Waals surface area (Å²) in [6.07, 6.45) is 5.70. The number of nitrogens with zero attached hydrogens (tertiary/aromatic N) is 3. The molecule has 0 spiro atoms. The number of nitrogens with one attached hydrogen (secondary N) is 1. The van der Waals surface area contributed by atoms with Crippen LogP contribution in [0, 0.1) is 5.82 Å². The minimum atomic E-state index is -0.629. The highest BCUT2D eigenvalue weighted by atomic mass is 19.1. The van der Waals surface area contributed by atoms with Crippen LogP contribution in [0.3, 0.4) is 0 Å². The van der Waals surface area contributed by atoms with Crippen molar-refractivity contribution in [1.29, 1.82) is 0 Å². The van der Waals surface area contributed by atoms with Gasteiger partial charge in [0.25, 0.3) is 0 Å². The summed E-state index contributed by atoms with van der Waals surface area (Å²) in [5.41, 5.74) is 0.843. The summed E-state index contributed by atoms with van der Waals surface area (Å²) in [5, 5.41) is 3.11. The molecule has 1 saturated carbocycles. The topological polar surface area (TPSA) is 82.2 Å². The molecule has 33 heavy (non-hydrogen) atoms. The van der Waals surface area contributed by atoms with E-state index < -0.39 is 12.1 Å². The summed E-state index contributed by atoms with van der Waals surface area (Å²) in [6, 6.07) is 5.04. The molecule has 3 aliphatic heterocycles. The van der Waals surface area contributed by atoms with Crippen LogP contribution in [0.25, 0.3) is 0 Å². The summed E-state index contributed by atoms with van der Waals surface area (Å²) in [7, 11) is 0. The minimum absolute atomic E-state index is 0.0557. The Morgan fingerprint density at radius 2 is 1.70 bits per heavy atom. The second-order valence-corrected chi connectivity index (χ2v) is 9.58. The number of halogens is 1. The number of hydrogen-bond acceptors (Lipinski definition) is 4. The molecule has 0 bridgehead atoms. The first-order valence-electron chi connectivity index (χ1n) is 12.0. The molecule has 4 aliphatic rings. The molecule has 8 nitrogen and oxygen atoms in total. The van der Waals surface area contributed by atoms with E-state index in [0.717, 1.165) is 31.2 Å². The Hall–Kier alpha value is -2.68. The molecule has 9 heteroatoms. The molecule has 3 heterocycles. The highest BCUT2D eigenvalue weighted by Crippen LogP contribution is 2.31. The van der Waals surface area contributed by atoms with Gasteiger partial charge in [0, 0.05) is 32.1 Å². The predicted molar refractivity (Wildman–Crippen MR) is 118 cm³/mol. The molecule has 4 amide bonds. The normalized spacial score (nSPS) is 28.0. The number of fused-ring (bicyclic) bond motifs is 2. The molecular weight excluding hydrogens is 427 g/mol. The third kappa shape index (κ3) is 4.55. The standard InChI is InChI=1S/C24H31FN4O4/c25-17-8-6-16(7-9-17)15-33-19-12-20-22(30)28-11-10-27(14-21(28)23(31)29(20)13-19)24(32)26-18-4-2-1-3-5-18/h6-9,18-21H,1-5,10-15H2,(H,26,32)/t19-,20+,21+/m1/s1. The first-order chi connectivity index (χ1) is 16.0. The minimum Gasteiger partial charge on any atom is -0.372 e. The van der Waals surface area contributed by atoms with Crippen LogP contribution in [-0.4, -0.2) is 83.0 Å². The van der Waals surface area contributed by atoms with Crippen LogP contribution in [0.5, 0.6) is 0 Å². The average molecular weight is 459 g/mol. The van der Waals surface area contributed by atoms with Gasteiger partial charge in [0.2, 0.25) is 11.8 Å². The maximum absolute atomic E-state index is 13.3. The average Bonchev–Trinajstić information content (AvgIpc) is 3.27. The molecule has 1 aromatic carbocycles. The van der Waals surface area contributed by atoms with Gasteiger partial charge in [-0.2, -0.15) is 0 Å². The quantitative estimate of drug-likeness (QED) is 0.747. The van der Waals surface area contributed by atoms with E-state index in [9.17, 15) is 18.8 Å². The number of piperazine rings is 2. The van der Waals surface area contributed by atoms with Crippen molar-refractivity contribution >= 4 is 17.8 Å². The molecule has 1 aromatic rings. The fourth-order valence-electron chi connectivity index (χ4n) is 5.53. The lowest BCUT2D eigenvalue weighted by Crippen LogP contribution is -2.69. The summed E-state index contributed by atoms with van der Waals surface area (Å²) in [6.45, 7) is 1.70. The first kappa shape index (κ1) is 22.1. The van der Waals surface area contributed by atoms with Crippen molar-refractivity contribution in [3.63, 3.8) is 0 Å². The number of ether oxygens (including phenoxy) is 1. The van der Waals surface area contributed by atoms with E-state index in [-0.39, 0.29) is 42.4 Å². The zero-order valence-corrected chi connectivity index (χ0v) is 18.7. The zero-order valence-electron chi connectivity index (χ0n) is 18.7. The Morgan fingerprint density at radius 3 is 2.45 bits per heavy atom. The lowest BCUT2D eigenvalue weighted by molar-refractivity contribution is -0.162. The Bertz CT molecular complexity index is 904. The number of amides is 4. The first-order valence-corrected chi connectivity index (χ1v) is 12.0. The van der Waals surface area contributed by atoms with Crippen LogP contribution in [0.1, 0.15) is 44.1 Å². The van der Waals surface area contributed by atoms with Gasteiger partial charge in [-0.1, -0.05) is 31.4 Å². The molecule has 1 N–H and O–H groups in total. The molecule has 4 fully saturated rings. The van der Waals surface area contributed by atoms with Crippen molar-refractivity contribution in [3.8, 4) is 0 Å². The monoisotopic (exact) mass is 458 g/mol. The Balaban J connectivity index is 1.19. The lowest BCUT2D eigenvalue weighted by atomic mass is 9.95. The van der Waals surface area contributed by atoms with E-state index >= 15 is 0 Å². The molecule has 178 valence electrons. The molecule has 1 aliphatic carbocycles. The Kier molecular flexibility index (Phi) is 6.23. The van der Waals surface area contributed by atoms with Crippen molar-refractivity contribution < 1.29 is 23.5 Å². The summed E-state index contributed by atoms with van der Waals surface area (Å²) >= 11 is 0. The van der Waals surface area contributed by atoms with Crippen LogP contribution in [0.15, 0.2) is 24.3 Å². The number of rotatable bonds is 4. The van der Waals surface area contributed by atoms with Crippen molar-refractivity contribution in [2.75, 3.05) is 26.2 Å². The van der Waals surface area contributed by atoms with Crippen molar-refractivity contribution in [2.45, 2.75) is 69.4 Å². The predicted octanol–water partition coefficient (Wildman–Crippen LogP) is 1.88. The highest BCUT2D eigenvalue weighted by Gasteiger charge is 2.52. The fourth-order valence-corrected chi connectivity index (χ4v) is 5.53.